The molecule has 1 saturated heterocycles. The molecule has 0 spiro atoms. The highest BCUT2D eigenvalue weighted by atomic mass is 16.1. The summed E-state index contributed by atoms with van der Waals surface area (Å²) in [5.41, 5.74) is 2.47. The van der Waals surface area contributed by atoms with E-state index >= 15 is 0 Å². The SMILES string of the molecule is CC(C(=O)NCC(c1ccccc1)c1ccccc1)C1CNC1. The fourth-order valence-electron chi connectivity index (χ4n) is 3.04. The zero-order chi connectivity index (χ0) is 16.1. The van der Waals surface area contributed by atoms with Gasteiger partial charge in [0.15, 0.2) is 0 Å². The zero-order valence-electron chi connectivity index (χ0n) is 13.5. The molecule has 1 aliphatic heterocycles. The molecule has 0 aliphatic carbocycles. The molecule has 0 radical (unpaired) electrons. The predicted molar refractivity (Wildman–Crippen MR) is 93.3 cm³/mol. The average Bonchev–Trinajstić information content (AvgIpc) is 2.55. The first-order valence-electron chi connectivity index (χ1n) is 8.34. The molecule has 2 aromatic rings. The van der Waals surface area contributed by atoms with Crippen LogP contribution in [0.2, 0.25) is 0 Å². The fourth-order valence-corrected chi connectivity index (χ4v) is 3.04. The third-order valence-electron chi connectivity index (χ3n) is 4.82. The Morgan fingerprint density at radius 3 is 2.00 bits per heavy atom. The van der Waals surface area contributed by atoms with E-state index in [4.69, 9.17) is 0 Å². The molecule has 3 nitrogen and oxygen atoms in total. The highest BCUT2D eigenvalue weighted by Gasteiger charge is 2.29. The molecule has 2 aromatic carbocycles. The maximum Gasteiger partial charge on any atom is 0.223 e. The first-order chi connectivity index (χ1) is 11.3. The number of benzene rings is 2. The molecule has 120 valence electrons. The Bertz CT molecular complexity index is 583. The van der Waals surface area contributed by atoms with Gasteiger partial charge in [0.25, 0.3) is 0 Å². The zero-order valence-corrected chi connectivity index (χ0v) is 13.5. The first-order valence-corrected chi connectivity index (χ1v) is 8.34. The average molecular weight is 308 g/mol. The van der Waals surface area contributed by atoms with E-state index in [1.807, 2.05) is 19.1 Å². The van der Waals surface area contributed by atoms with Crippen LogP contribution in [0.5, 0.6) is 0 Å². The molecule has 23 heavy (non-hydrogen) atoms. The van der Waals surface area contributed by atoms with Crippen LogP contribution in [0.25, 0.3) is 0 Å². The van der Waals surface area contributed by atoms with Gasteiger partial charge in [0.05, 0.1) is 0 Å². The fraction of sp³-hybridized carbons (Fsp3) is 0.350. The van der Waals surface area contributed by atoms with Gasteiger partial charge >= 0.3 is 0 Å². The number of carbonyl (C=O) groups excluding carboxylic acids is 1. The Morgan fingerprint density at radius 2 is 1.57 bits per heavy atom. The minimum atomic E-state index is 0.0726. The number of hydrogen-bond acceptors (Lipinski definition) is 2. The van der Waals surface area contributed by atoms with E-state index in [9.17, 15) is 4.79 Å². The van der Waals surface area contributed by atoms with E-state index < -0.39 is 0 Å². The van der Waals surface area contributed by atoms with Crippen LogP contribution in [-0.4, -0.2) is 25.5 Å². The number of rotatable bonds is 6. The summed E-state index contributed by atoms with van der Waals surface area (Å²) >= 11 is 0. The molecule has 1 unspecified atom stereocenters. The molecule has 3 rings (SSSR count). The summed E-state index contributed by atoms with van der Waals surface area (Å²) in [5, 5.41) is 6.40. The Labute approximate surface area is 138 Å². The van der Waals surface area contributed by atoms with Gasteiger partial charge in [0.2, 0.25) is 5.91 Å². The summed E-state index contributed by atoms with van der Waals surface area (Å²) in [5.74, 6) is 0.895. The van der Waals surface area contributed by atoms with Crippen molar-refractivity contribution in [2.75, 3.05) is 19.6 Å². The van der Waals surface area contributed by atoms with Crippen molar-refractivity contribution in [3.8, 4) is 0 Å². The van der Waals surface area contributed by atoms with Crippen LogP contribution >= 0.6 is 0 Å². The third-order valence-corrected chi connectivity index (χ3v) is 4.82. The summed E-state index contributed by atoms with van der Waals surface area (Å²) in [4.78, 5) is 12.4. The summed E-state index contributed by atoms with van der Waals surface area (Å²) in [7, 11) is 0. The van der Waals surface area contributed by atoms with Crippen LogP contribution in [0, 0.1) is 11.8 Å². The number of carbonyl (C=O) groups is 1. The molecular weight excluding hydrogens is 284 g/mol. The van der Waals surface area contributed by atoms with Crippen molar-refractivity contribution in [1.29, 1.82) is 0 Å². The summed E-state index contributed by atoms with van der Waals surface area (Å²) in [6.45, 7) is 4.57. The Hall–Kier alpha value is -2.13. The Balaban J connectivity index is 1.70. The van der Waals surface area contributed by atoms with Gasteiger partial charge in [0, 0.05) is 18.4 Å². The van der Waals surface area contributed by atoms with Gasteiger partial charge in [-0.3, -0.25) is 4.79 Å². The molecule has 1 fully saturated rings. The number of nitrogens with one attached hydrogen (secondary N) is 2. The van der Waals surface area contributed by atoms with Crippen LogP contribution in [0.1, 0.15) is 24.0 Å². The molecule has 0 saturated carbocycles. The molecular formula is C20H24N2O. The summed E-state index contributed by atoms with van der Waals surface area (Å²) in [6.07, 6.45) is 0. The highest BCUT2D eigenvalue weighted by Crippen LogP contribution is 2.24. The van der Waals surface area contributed by atoms with Gasteiger partial charge in [-0.15, -0.1) is 0 Å². The van der Waals surface area contributed by atoms with Crippen LogP contribution in [0.3, 0.4) is 0 Å². The second-order valence-corrected chi connectivity index (χ2v) is 6.33. The lowest BCUT2D eigenvalue weighted by molar-refractivity contribution is -0.126. The minimum absolute atomic E-state index is 0.0726. The van der Waals surface area contributed by atoms with E-state index in [0.29, 0.717) is 12.5 Å². The lowest BCUT2D eigenvalue weighted by atomic mass is 9.87. The topological polar surface area (TPSA) is 41.1 Å². The smallest absolute Gasteiger partial charge is 0.223 e. The van der Waals surface area contributed by atoms with E-state index in [0.717, 1.165) is 13.1 Å². The van der Waals surface area contributed by atoms with Crippen molar-refractivity contribution in [1.82, 2.24) is 10.6 Å². The normalized spacial score (nSPS) is 15.9. The molecule has 1 amide bonds. The van der Waals surface area contributed by atoms with Crippen LogP contribution in [0.15, 0.2) is 60.7 Å². The molecule has 1 aliphatic rings. The number of amides is 1. The molecule has 3 heteroatoms. The molecule has 0 bridgehead atoms. The largest absolute Gasteiger partial charge is 0.355 e. The van der Waals surface area contributed by atoms with Crippen molar-refractivity contribution >= 4 is 5.91 Å². The highest BCUT2D eigenvalue weighted by molar-refractivity contribution is 5.78. The molecule has 1 heterocycles. The van der Waals surface area contributed by atoms with Gasteiger partial charge in [-0.25, -0.2) is 0 Å². The van der Waals surface area contributed by atoms with Crippen molar-refractivity contribution in [3.05, 3.63) is 71.8 Å². The standard InChI is InChI=1S/C20H24N2O/c1-15(18-12-21-13-18)20(23)22-14-19(16-8-4-2-5-9-16)17-10-6-3-7-11-17/h2-11,15,18-19,21H,12-14H2,1H3,(H,22,23). The first kappa shape index (κ1) is 15.8. The monoisotopic (exact) mass is 308 g/mol. The summed E-state index contributed by atoms with van der Waals surface area (Å²) in [6, 6.07) is 20.8. The minimum Gasteiger partial charge on any atom is -0.355 e. The lowest BCUT2D eigenvalue weighted by Crippen LogP contribution is -2.50. The second kappa shape index (κ2) is 7.42. The van der Waals surface area contributed by atoms with E-state index in [1.54, 1.807) is 0 Å². The van der Waals surface area contributed by atoms with E-state index in [-0.39, 0.29) is 17.7 Å². The van der Waals surface area contributed by atoms with Crippen molar-refractivity contribution < 1.29 is 4.79 Å². The van der Waals surface area contributed by atoms with Gasteiger partial charge in [-0.05, 0) is 30.1 Å². The Kier molecular flexibility index (Phi) is 5.09. The van der Waals surface area contributed by atoms with Crippen LogP contribution in [-0.2, 0) is 4.79 Å². The van der Waals surface area contributed by atoms with Gasteiger partial charge in [0.1, 0.15) is 0 Å². The third kappa shape index (κ3) is 3.80. The van der Waals surface area contributed by atoms with Crippen LogP contribution in [0.4, 0.5) is 0 Å². The quantitative estimate of drug-likeness (QED) is 0.861. The van der Waals surface area contributed by atoms with Crippen LogP contribution < -0.4 is 10.6 Å². The van der Waals surface area contributed by atoms with E-state index in [2.05, 4.69) is 59.2 Å². The lowest BCUT2D eigenvalue weighted by Gasteiger charge is -2.32. The van der Waals surface area contributed by atoms with Crippen molar-refractivity contribution in [3.63, 3.8) is 0 Å². The van der Waals surface area contributed by atoms with Gasteiger partial charge < -0.3 is 10.6 Å². The Morgan fingerprint density at radius 1 is 1.04 bits per heavy atom. The van der Waals surface area contributed by atoms with Crippen molar-refractivity contribution in [2.24, 2.45) is 11.8 Å². The van der Waals surface area contributed by atoms with Gasteiger partial charge in [-0.2, -0.15) is 0 Å². The maximum atomic E-state index is 12.4. The molecule has 2 N–H and O–H groups in total. The number of hydrogen-bond donors (Lipinski definition) is 2. The second-order valence-electron chi connectivity index (χ2n) is 6.33. The van der Waals surface area contributed by atoms with Gasteiger partial charge in [-0.1, -0.05) is 67.6 Å². The molecule has 1 atom stereocenters. The predicted octanol–water partition coefficient (Wildman–Crippen LogP) is 2.79. The van der Waals surface area contributed by atoms with Crippen molar-refractivity contribution in [2.45, 2.75) is 12.8 Å². The summed E-state index contributed by atoms with van der Waals surface area (Å²) < 4.78 is 0. The van der Waals surface area contributed by atoms with E-state index in [1.165, 1.54) is 11.1 Å². The maximum absolute atomic E-state index is 12.4. The molecule has 0 aromatic heterocycles.